The van der Waals surface area contributed by atoms with Gasteiger partial charge in [-0.3, -0.25) is 9.59 Å². The minimum absolute atomic E-state index is 0.0689. The first-order valence-electron chi connectivity index (χ1n) is 8.42. The number of para-hydroxylation sites is 1. The lowest BCUT2D eigenvalue weighted by atomic mass is 10.0. The zero-order chi connectivity index (χ0) is 19.2. The first-order chi connectivity index (χ1) is 13.0. The van der Waals surface area contributed by atoms with Gasteiger partial charge in [-0.15, -0.1) is 11.8 Å². The number of hydrogen-bond acceptors (Lipinski definition) is 3. The molecule has 0 saturated carbocycles. The molecule has 0 aliphatic carbocycles. The molecule has 0 bridgehead atoms. The fourth-order valence-electron chi connectivity index (χ4n) is 2.63. The van der Waals surface area contributed by atoms with E-state index in [4.69, 9.17) is 0 Å². The lowest BCUT2D eigenvalue weighted by Gasteiger charge is -2.11. The topological polar surface area (TPSA) is 46.2 Å². The molecular weight excluding hydrogens is 361 g/mol. The fourth-order valence-corrected chi connectivity index (χ4v) is 3.35. The zero-order valence-corrected chi connectivity index (χ0v) is 15.6. The number of carbonyl (C=O) groups is 2. The Morgan fingerprint density at radius 1 is 0.963 bits per heavy atom. The summed E-state index contributed by atoms with van der Waals surface area (Å²) < 4.78 is 14.1. The van der Waals surface area contributed by atoms with E-state index in [9.17, 15) is 14.0 Å². The van der Waals surface area contributed by atoms with Crippen molar-refractivity contribution < 1.29 is 14.0 Å². The molecule has 0 aliphatic rings. The summed E-state index contributed by atoms with van der Waals surface area (Å²) in [5.74, 6) is -0.844. The van der Waals surface area contributed by atoms with Gasteiger partial charge in [-0.05, 0) is 30.7 Å². The molecule has 3 aromatic rings. The van der Waals surface area contributed by atoms with Crippen LogP contribution in [0.15, 0.2) is 77.7 Å². The average Bonchev–Trinajstić information content (AvgIpc) is 2.68. The Balaban J connectivity index is 1.68. The van der Waals surface area contributed by atoms with Crippen molar-refractivity contribution in [3.63, 3.8) is 0 Å². The number of amides is 1. The van der Waals surface area contributed by atoms with Crippen molar-refractivity contribution >= 4 is 29.1 Å². The van der Waals surface area contributed by atoms with Crippen molar-refractivity contribution in [1.82, 2.24) is 0 Å². The summed E-state index contributed by atoms with van der Waals surface area (Å²) in [6, 6.07) is 21.6. The number of benzene rings is 3. The third-order valence-electron chi connectivity index (χ3n) is 3.98. The lowest BCUT2D eigenvalue weighted by molar-refractivity contribution is -0.113. The summed E-state index contributed by atoms with van der Waals surface area (Å²) in [5.41, 5.74) is 2.96. The molecule has 3 aromatic carbocycles. The molecule has 1 N–H and O–H groups in total. The van der Waals surface area contributed by atoms with Crippen LogP contribution in [0.2, 0.25) is 0 Å². The van der Waals surface area contributed by atoms with E-state index in [1.807, 2.05) is 54.6 Å². The Morgan fingerprint density at radius 2 is 1.67 bits per heavy atom. The number of thioether (sulfide) groups is 1. The van der Waals surface area contributed by atoms with Gasteiger partial charge >= 0.3 is 0 Å². The van der Waals surface area contributed by atoms with Gasteiger partial charge in [-0.25, -0.2) is 4.39 Å². The van der Waals surface area contributed by atoms with Crippen LogP contribution in [0, 0.1) is 5.82 Å². The Bertz CT molecular complexity index is 973. The maximum Gasteiger partial charge on any atom is 0.234 e. The molecule has 0 aromatic heterocycles. The zero-order valence-electron chi connectivity index (χ0n) is 14.7. The summed E-state index contributed by atoms with van der Waals surface area (Å²) in [6.07, 6.45) is 0. The van der Waals surface area contributed by atoms with Crippen molar-refractivity contribution in [2.24, 2.45) is 0 Å². The van der Waals surface area contributed by atoms with E-state index in [1.165, 1.54) is 19.1 Å². The minimum Gasteiger partial charge on any atom is -0.325 e. The van der Waals surface area contributed by atoms with Crippen LogP contribution in [0.4, 0.5) is 10.1 Å². The number of ketones is 1. The molecule has 0 heterocycles. The first kappa shape index (κ1) is 18.9. The molecule has 136 valence electrons. The van der Waals surface area contributed by atoms with E-state index in [2.05, 4.69) is 5.32 Å². The first-order valence-corrected chi connectivity index (χ1v) is 9.41. The molecule has 3 rings (SSSR count). The molecule has 5 heteroatoms. The van der Waals surface area contributed by atoms with Crippen LogP contribution in [0.1, 0.15) is 17.3 Å². The normalized spacial score (nSPS) is 10.4. The van der Waals surface area contributed by atoms with Gasteiger partial charge in [-0.1, -0.05) is 54.6 Å². The smallest absolute Gasteiger partial charge is 0.234 e. The van der Waals surface area contributed by atoms with Crippen LogP contribution < -0.4 is 5.32 Å². The fraction of sp³-hybridized carbons (Fsp3) is 0.0909. The number of rotatable bonds is 6. The summed E-state index contributed by atoms with van der Waals surface area (Å²) in [4.78, 5) is 24.0. The molecule has 0 spiro atoms. The SMILES string of the molecule is CC(=O)c1ccc(SCC(=O)Nc2ccccc2-c2ccccc2)c(F)c1. The van der Waals surface area contributed by atoms with E-state index < -0.39 is 5.82 Å². The molecule has 0 aliphatic heterocycles. The van der Waals surface area contributed by atoms with Crippen LogP contribution in [-0.2, 0) is 4.79 Å². The van der Waals surface area contributed by atoms with Crippen LogP contribution in [0.3, 0.4) is 0 Å². The Hall–Kier alpha value is -2.92. The van der Waals surface area contributed by atoms with Gasteiger partial charge in [0.05, 0.1) is 5.75 Å². The largest absolute Gasteiger partial charge is 0.325 e. The van der Waals surface area contributed by atoms with E-state index in [0.29, 0.717) is 16.1 Å². The van der Waals surface area contributed by atoms with Gasteiger partial charge in [0.25, 0.3) is 0 Å². The third-order valence-corrected chi connectivity index (χ3v) is 5.03. The van der Waals surface area contributed by atoms with Crippen LogP contribution in [-0.4, -0.2) is 17.4 Å². The molecule has 0 atom stereocenters. The quantitative estimate of drug-likeness (QED) is 0.459. The predicted molar refractivity (Wildman–Crippen MR) is 108 cm³/mol. The third kappa shape index (κ3) is 4.83. The maximum atomic E-state index is 14.1. The summed E-state index contributed by atoms with van der Waals surface area (Å²) in [5, 5.41) is 2.89. The number of halogens is 1. The highest BCUT2D eigenvalue weighted by molar-refractivity contribution is 8.00. The van der Waals surface area contributed by atoms with Crippen molar-refractivity contribution in [2.75, 3.05) is 11.1 Å². The number of Topliss-reactive ketones (excluding diaryl/α,β-unsaturated/α-hetero) is 1. The Kier molecular flexibility index (Phi) is 6.04. The molecule has 0 fully saturated rings. The maximum absolute atomic E-state index is 14.1. The van der Waals surface area contributed by atoms with Gasteiger partial charge in [0.1, 0.15) is 5.82 Å². The summed E-state index contributed by atoms with van der Waals surface area (Å²) in [6.45, 7) is 1.39. The summed E-state index contributed by atoms with van der Waals surface area (Å²) in [7, 11) is 0. The van der Waals surface area contributed by atoms with E-state index in [1.54, 1.807) is 6.07 Å². The van der Waals surface area contributed by atoms with Crippen LogP contribution in [0.5, 0.6) is 0 Å². The van der Waals surface area contributed by atoms with E-state index in [0.717, 1.165) is 22.9 Å². The Morgan fingerprint density at radius 3 is 2.37 bits per heavy atom. The molecular formula is C22H18FNO2S. The van der Waals surface area contributed by atoms with Crippen molar-refractivity contribution in [2.45, 2.75) is 11.8 Å². The second kappa shape index (κ2) is 8.64. The highest BCUT2D eigenvalue weighted by atomic mass is 32.2. The van der Waals surface area contributed by atoms with Crippen molar-refractivity contribution in [3.05, 3.63) is 84.2 Å². The number of hydrogen-bond donors (Lipinski definition) is 1. The minimum atomic E-state index is -0.495. The van der Waals surface area contributed by atoms with Crippen LogP contribution >= 0.6 is 11.8 Å². The summed E-state index contributed by atoms with van der Waals surface area (Å²) >= 11 is 1.10. The second-order valence-electron chi connectivity index (χ2n) is 5.95. The standard InChI is InChI=1S/C22H18FNO2S/c1-15(25)17-11-12-21(19(23)13-17)27-14-22(26)24-20-10-6-5-9-18(20)16-7-3-2-4-8-16/h2-13H,14H2,1H3,(H,24,26). The average molecular weight is 379 g/mol. The van der Waals surface area contributed by atoms with E-state index in [-0.39, 0.29) is 17.4 Å². The molecule has 27 heavy (non-hydrogen) atoms. The monoisotopic (exact) mass is 379 g/mol. The highest BCUT2D eigenvalue weighted by Crippen LogP contribution is 2.28. The molecule has 3 nitrogen and oxygen atoms in total. The molecule has 1 amide bonds. The highest BCUT2D eigenvalue weighted by Gasteiger charge is 2.11. The van der Waals surface area contributed by atoms with Crippen molar-refractivity contribution in [3.8, 4) is 11.1 Å². The van der Waals surface area contributed by atoms with Crippen LogP contribution in [0.25, 0.3) is 11.1 Å². The second-order valence-corrected chi connectivity index (χ2v) is 6.97. The number of carbonyl (C=O) groups excluding carboxylic acids is 2. The molecule has 0 unspecified atom stereocenters. The van der Waals surface area contributed by atoms with Gasteiger partial charge in [0.2, 0.25) is 5.91 Å². The predicted octanol–water partition coefficient (Wildman–Crippen LogP) is 5.43. The van der Waals surface area contributed by atoms with E-state index >= 15 is 0 Å². The molecule has 0 saturated heterocycles. The van der Waals surface area contributed by atoms with Gasteiger partial charge in [0, 0.05) is 21.7 Å². The lowest BCUT2D eigenvalue weighted by Crippen LogP contribution is -2.14. The van der Waals surface area contributed by atoms with Gasteiger partial charge in [-0.2, -0.15) is 0 Å². The van der Waals surface area contributed by atoms with Gasteiger partial charge < -0.3 is 5.32 Å². The number of nitrogens with one attached hydrogen (secondary N) is 1. The molecule has 0 radical (unpaired) electrons. The van der Waals surface area contributed by atoms with Gasteiger partial charge in [0.15, 0.2) is 5.78 Å². The Labute approximate surface area is 161 Å². The number of anilines is 1. The van der Waals surface area contributed by atoms with Crippen molar-refractivity contribution in [1.29, 1.82) is 0 Å².